The molecule has 0 bridgehead atoms. The Morgan fingerprint density at radius 2 is 1.78 bits per heavy atom. The number of hydrogen-bond acceptors (Lipinski definition) is 2. The van der Waals surface area contributed by atoms with Gasteiger partial charge in [-0.2, -0.15) is 0 Å². The highest BCUT2D eigenvalue weighted by Gasteiger charge is 2.09. The first-order valence-corrected chi connectivity index (χ1v) is 5.50. The maximum absolute atomic E-state index is 12.6. The second-order valence-corrected chi connectivity index (χ2v) is 3.91. The molecule has 4 heteroatoms. The fourth-order valence-corrected chi connectivity index (χ4v) is 1.60. The summed E-state index contributed by atoms with van der Waals surface area (Å²) in [6, 6.07) is 13.6. The van der Waals surface area contributed by atoms with E-state index in [0.29, 0.717) is 12.4 Å². The van der Waals surface area contributed by atoms with Gasteiger partial charge in [-0.05, 0) is 17.7 Å². The van der Waals surface area contributed by atoms with Crippen molar-refractivity contribution < 1.29 is 13.5 Å². The molecular weight excluding hydrogens is 236 g/mol. The van der Waals surface area contributed by atoms with Crippen LogP contribution in [0.15, 0.2) is 48.5 Å². The first-order valence-electron chi connectivity index (χ1n) is 5.50. The Morgan fingerprint density at radius 3 is 2.44 bits per heavy atom. The molecule has 0 aliphatic carbocycles. The van der Waals surface area contributed by atoms with Gasteiger partial charge in [0.25, 0.3) is 6.43 Å². The van der Waals surface area contributed by atoms with Crippen molar-refractivity contribution >= 4 is 5.69 Å². The molecule has 0 aliphatic rings. The molecule has 0 heterocycles. The number of rotatable bonds is 4. The molecule has 2 N–H and O–H groups in total. The molecular formula is C14H13F2NO. The normalized spacial score (nSPS) is 10.6. The van der Waals surface area contributed by atoms with Crippen LogP contribution in [0.2, 0.25) is 0 Å². The van der Waals surface area contributed by atoms with Crippen LogP contribution in [0.25, 0.3) is 0 Å². The maximum Gasteiger partial charge on any atom is 0.264 e. The topological polar surface area (TPSA) is 35.2 Å². The maximum atomic E-state index is 12.6. The molecule has 94 valence electrons. The molecule has 0 saturated carbocycles. The summed E-state index contributed by atoms with van der Waals surface area (Å²) in [4.78, 5) is 0. The van der Waals surface area contributed by atoms with E-state index in [2.05, 4.69) is 0 Å². The Labute approximate surface area is 104 Å². The molecule has 0 aromatic heterocycles. The number of hydrogen-bond donors (Lipinski definition) is 1. The zero-order valence-corrected chi connectivity index (χ0v) is 9.64. The SMILES string of the molecule is Nc1cc(OCc2ccccc2)cc(C(F)F)c1. The number of nitrogen functional groups attached to an aromatic ring is 1. The van der Waals surface area contributed by atoms with E-state index in [1.54, 1.807) is 0 Å². The van der Waals surface area contributed by atoms with Crippen LogP contribution in [0.4, 0.5) is 14.5 Å². The van der Waals surface area contributed by atoms with E-state index in [1.807, 2.05) is 30.3 Å². The Bertz CT molecular complexity index is 514. The van der Waals surface area contributed by atoms with Gasteiger partial charge in [-0.1, -0.05) is 30.3 Å². The second kappa shape index (κ2) is 5.49. The predicted molar refractivity (Wildman–Crippen MR) is 66.6 cm³/mol. The van der Waals surface area contributed by atoms with Crippen molar-refractivity contribution in [1.29, 1.82) is 0 Å². The lowest BCUT2D eigenvalue weighted by molar-refractivity contribution is 0.151. The highest BCUT2D eigenvalue weighted by Crippen LogP contribution is 2.26. The minimum Gasteiger partial charge on any atom is -0.489 e. The molecule has 0 amide bonds. The number of ether oxygens (including phenoxy) is 1. The first-order chi connectivity index (χ1) is 8.65. The molecule has 0 saturated heterocycles. The molecule has 2 nitrogen and oxygen atoms in total. The van der Waals surface area contributed by atoms with Gasteiger partial charge in [0, 0.05) is 17.3 Å². The summed E-state index contributed by atoms with van der Waals surface area (Å²) >= 11 is 0. The lowest BCUT2D eigenvalue weighted by atomic mass is 10.2. The fraction of sp³-hybridized carbons (Fsp3) is 0.143. The van der Waals surface area contributed by atoms with Crippen molar-refractivity contribution in [2.24, 2.45) is 0 Å². The lowest BCUT2D eigenvalue weighted by Crippen LogP contribution is -1.98. The highest BCUT2D eigenvalue weighted by molar-refractivity contribution is 5.48. The van der Waals surface area contributed by atoms with Crippen molar-refractivity contribution in [3.63, 3.8) is 0 Å². The minimum atomic E-state index is -2.55. The van der Waals surface area contributed by atoms with Gasteiger partial charge in [-0.15, -0.1) is 0 Å². The van der Waals surface area contributed by atoms with E-state index < -0.39 is 6.43 Å². The van der Waals surface area contributed by atoms with Crippen molar-refractivity contribution in [3.05, 3.63) is 59.7 Å². The number of benzene rings is 2. The van der Waals surface area contributed by atoms with Gasteiger partial charge >= 0.3 is 0 Å². The van der Waals surface area contributed by atoms with Crippen LogP contribution >= 0.6 is 0 Å². The van der Waals surface area contributed by atoms with Crippen molar-refractivity contribution in [1.82, 2.24) is 0 Å². The summed E-state index contributed by atoms with van der Waals surface area (Å²) in [5, 5.41) is 0. The van der Waals surface area contributed by atoms with E-state index in [-0.39, 0.29) is 11.3 Å². The van der Waals surface area contributed by atoms with Crippen LogP contribution in [0.3, 0.4) is 0 Å². The highest BCUT2D eigenvalue weighted by atomic mass is 19.3. The van der Waals surface area contributed by atoms with Gasteiger partial charge in [-0.3, -0.25) is 0 Å². The van der Waals surface area contributed by atoms with Gasteiger partial charge in [0.05, 0.1) is 0 Å². The van der Waals surface area contributed by atoms with Crippen molar-refractivity contribution in [3.8, 4) is 5.75 Å². The van der Waals surface area contributed by atoms with Crippen LogP contribution in [0, 0.1) is 0 Å². The Hall–Kier alpha value is -2.10. The third kappa shape index (κ3) is 3.20. The molecule has 2 rings (SSSR count). The van der Waals surface area contributed by atoms with Crippen LogP contribution in [-0.2, 0) is 6.61 Å². The summed E-state index contributed by atoms with van der Waals surface area (Å²) in [5.74, 6) is 0.356. The molecule has 0 fully saturated rings. The number of nitrogens with two attached hydrogens (primary N) is 1. The summed E-state index contributed by atoms with van der Waals surface area (Å²) in [6.45, 7) is 0.326. The summed E-state index contributed by atoms with van der Waals surface area (Å²) < 4.78 is 30.6. The van der Waals surface area contributed by atoms with Gasteiger partial charge < -0.3 is 10.5 Å². The van der Waals surface area contributed by atoms with Gasteiger partial charge in [0.1, 0.15) is 12.4 Å². The van der Waals surface area contributed by atoms with E-state index >= 15 is 0 Å². The summed E-state index contributed by atoms with van der Waals surface area (Å²) in [5.41, 5.74) is 6.67. The first kappa shape index (κ1) is 12.4. The summed E-state index contributed by atoms with van der Waals surface area (Å²) in [7, 11) is 0. The summed E-state index contributed by atoms with van der Waals surface area (Å²) in [6.07, 6.45) is -2.55. The number of anilines is 1. The van der Waals surface area contributed by atoms with E-state index in [0.717, 1.165) is 5.56 Å². The largest absolute Gasteiger partial charge is 0.489 e. The van der Waals surface area contributed by atoms with E-state index in [9.17, 15) is 8.78 Å². The molecule has 0 atom stereocenters. The Morgan fingerprint density at radius 1 is 1.06 bits per heavy atom. The molecule has 0 spiro atoms. The number of halogens is 2. The van der Waals surface area contributed by atoms with Crippen LogP contribution < -0.4 is 10.5 Å². The Balaban J connectivity index is 2.10. The zero-order valence-electron chi connectivity index (χ0n) is 9.64. The van der Waals surface area contributed by atoms with Crippen molar-refractivity contribution in [2.75, 3.05) is 5.73 Å². The standard InChI is InChI=1S/C14H13F2NO/c15-14(16)11-6-12(17)8-13(7-11)18-9-10-4-2-1-3-5-10/h1-8,14H,9,17H2. The molecule has 0 unspecified atom stereocenters. The van der Waals surface area contributed by atoms with Crippen molar-refractivity contribution in [2.45, 2.75) is 13.0 Å². The molecule has 18 heavy (non-hydrogen) atoms. The number of alkyl halides is 2. The Kier molecular flexibility index (Phi) is 3.77. The molecule has 0 radical (unpaired) electrons. The van der Waals surface area contributed by atoms with Crippen LogP contribution in [0.5, 0.6) is 5.75 Å². The fourth-order valence-electron chi connectivity index (χ4n) is 1.60. The van der Waals surface area contributed by atoms with Crippen LogP contribution in [0.1, 0.15) is 17.6 Å². The lowest BCUT2D eigenvalue weighted by Gasteiger charge is -2.09. The van der Waals surface area contributed by atoms with Gasteiger partial charge in [0.15, 0.2) is 0 Å². The average molecular weight is 249 g/mol. The quantitative estimate of drug-likeness (QED) is 0.837. The van der Waals surface area contributed by atoms with Crippen LogP contribution in [-0.4, -0.2) is 0 Å². The monoisotopic (exact) mass is 249 g/mol. The molecule has 0 aliphatic heterocycles. The minimum absolute atomic E-state index is 0.127. The zero-order chi connectivity index (χ0) is 13.0. The third-order valence-electron chi connectivity index (χ3n) is 2.45. The van der Waals surface area contributed by atoms with Gasteiger partial charge in [0.2, 0.25) is 0 Å². The predicted octanol–water partition coefficient (Wildman–Crippen LogP) is 3.79. The third-order valence-corrected chi connectivity index (χ3v) is 2.45. The average Bonchev–Trinajstić information content (AvgIpc) is 2.37. The second-order valence-electron chi connectivity index (χ2n) is 3.91. The molecule has 2 aromatic carbocycles. The van der Waals surface area contributed by atoms with E-state index in [1.165, 1.54) is 18.2 Å². The molecule has 2 aromatic rings. The van der Waals surface area contributed by atoms with E-state index in [4.69, 9.17) is 10.5 Å². The van der Waals surface area contributed by atoms with Gasteiger partial charge in [-0.25, -0.2) is 8.78 Å². The smallest absolute Gasteiger partial charge is 0.264 e.